The first-order valence-corrected chi connectivity index (χ1v) is 13.3. The number of nitrogens with zero attached hydrogens (tertiary/aromatic N) is 3. The van der Waals surface area contributed by atoms with Gasteiger partial charge in [-0.15, -0.1) is 0 Å². The van der Waals surface area contributed by atoms with Gasteiger partial charge < -0.3 is 23.8 Å². The number of morpholine rings is 1. The molecule has 1 aliphatic heterocycles. The Morgan fingerprint density at radius 1 is 1.32 bits per heavy atom. The van der Waals surface area contributed by atoms with Crippen molar-refractivity contribution in [3.63, 3.8) is 0 Å². The maximum atomic E-state index is 12.8. The van der Waals surface area contributed by atoms with E-state index in [1.54, 1.807) is 38.8 Å². The Morgan fingerprint density at radius 2 is 2.00 bits per heavy atom. The van der Waals surface area contributed by atoms with Gasteiger partial charge in [-0.05, 0) is 56.1 Å². The highest BCUT2D eigenvalue weighted by molar-refractivity contribution is 9.10. The number of aromatic nitrogens is 1. The second-order valence-electron chi connectivity index (χ2n) is 8.78. The minimum absolute atomic E-state index is 0.0808. The van der Waals surface area contributed by atoms with Crippen molar-refractivity contribution in [2.24, 2.45) is 0 Å². The normalized spacial score (nSPS) is 16.1. The molecule has 2 rings (SSSR count). The lowest BCUT2D eigenvalue weighted by Gasteiger charge is -2.31. The first-order valence-electron chi connectivity index (χ1n) is 11.1. The van der Waals surface area contributed by atoms with Crippen molar-refractivity contribution in [1.29, 1.82) is 0 Å². The molecule has 1 unspecified atom stereocenters. The molecule has 34 heavy (non-hydrogen) atoms. The molecule has 0 bridgehead atoms. The van der Waals surface area contributed by atoms with Gasteiger partial charge in [-0.3, -0.25) is 4.72 Å². The number of rotatable bonds is 11. The highest BCUT2D eigenvalue weighted by Gasteiger charge is 2.27. The molecule has 1 amide bonds. The minimum atomic E-state index is -3.81. The smallest absolute Gasteiger partial charge is 0.410 e. The summed E-state index contributed by atoms with van der Waals surface area (Å²) in [5.74, 6) is 0.105. The Kier molecular flexibility index (Phi) is 10.8. The van der Waals surface area contributed by atoms with E-state index in [1.165, 1.54) is 10.5 Å². The molecule has 0 spiro atoms. The molecule has 1 aliphatic rings. The van der Waals surface area contributed by atoms with Crippen LogP contribution in [0.25, 0.3) is 0 Å². The van der Waals surface area contributed by atoms with Crippen LogP contribution >= 0.6 is 15.9 Å². The maximum Gasteiger partial charge on any atom is 0.410 e. The SMILES string of the molecule is COCCC(C)N(CCOc1ncc(Br)cc1NS(=O)(=O)N1CCOCC1)C(=O)OC(C)(C)C. The van der Waals surface area contributed by atoms with Crippen LogP contribution in [0, 0.1) is 0 Å². The van der Waals surface area contributed by atoms with Gasteiger partial charge >= 0.3 is 16.3 Å². The molecule has 2 heterocycles. The Bertz CT molecular complexity index is 905. The summed E-state index contributed by atoms with van der Waals surface area (Å²) in [6, 6.07) is 1.42. The standard InChI is InChI=1S/C21H35BrN4O7S/c1-16(6-10-30-5)26(20(27)33-21(2,3)4)9-13-32-19-18(14-17(22)15-23-19)24-34(28,29)25-7-11-31-12-8-25/h14-16,24H,6-13H2,1-5H3. The van der Waals surface area contributed by atoms with Crippen LogP contribution in [-0.4, -0.2) is 93.5 Å². The van der Waals surface area contributed by atoms with Gasteiger partial charge in [-0.2, -0.15) is 12.7 Å². The predicted molar refractivity (Wildman–Crippen MR) is 131 cm³/mol. The summed E-state index contributed by atoms with van der Waals surface area (Å²) in [6.45, 7) is 9.30. The lowest BCUT2D eigenvalue weighted by Crippen LogP contribution is -2.44. The number of methoxy groups -OCH3 is 1. The van der Waals surface area contributed by atoms with Gasteiger partial charge in [0.2, 0.25) is 5.88 Å². The molecular weight excluding hydrogens is 532 g/mol. The Morgan fingerprint density at radius 3 is 2.62 bits per heavy atom. The number of hydrogen-bond acceptors (Lipinski definition) is 8. The van der Waals surface area contributed by atoms with Crippen LogP contribution in [0.3, 0.4) is 0 Å². The van der Waals surface area contributed by atoms with E-state index in [0.717, 1.165) is 0 Å². The van der Waals surface area contributed by atoms with Crippen LogP contribution < -0.4 is 9.46 Å². The molecule has 1 aromatic heterocycles. The minimum Gasteiger partial charge on any atom is -0.474 e. The fraction of sp³-hybridized carbons (Fsp3) is 0.714. The summed E-state index contributed by atoms with van der Waals surface area (Å²) < 4.78 is 51.7. The highest BCUT2D eigenvalue weighted by atomic mass is 79.9. The van der Waals surface area contributed by atoms with Crippen molar-refractivity contribution in [1.82, 2.24) is 14.2 Å². The maximum absolute atomic E-state index is 12.8. The molecule has 1 N–H and O–H groups in total. The van der Waals surface area contributed by atoms with E-state index in [1.807, 2.05) is 6.92 Å². The van der Waals surface area contributed by atoms with E-state index in [2.05, 4.69) is 25.6 Å². The molecule has 1 aromatic rings. The zero-order valence-corrected chi connectivity index (χ0v) is 22.8. The fourth-order valence-corrected chi connectivity index (χ4v) is 4.62. The zero-order chi connectivity index (χ0) is 25.4. The molecule has 194 valence electrons. The summed E-state index contributed by atoms with van der Waals surface area (Å²) in [4.78, 5) is 18.5. The largest absolute Gasteiger partial charge is 0.474 e. The fourth-order valence-electron chi connectivity index (χ4n) is 3.10. The Balaban J connectivity index is 2.10. The molecule has 0 aromatic carbocycles. The quantitative estimate of drug-likeness (QED) is 0.434. The van der Waals surface area contributed by atoms with Gasteiger partial charge in [-0.25, -0.2) is 9.78 Å². The highest BCUT2D eigenvalue weighted by Crippen LogP contribution is 2.27. The molecule has 0 aliphatic carbocycles. The van der Waals surface area contributed by atoms with Crippen molar-refractivity contribution in [2.45, 2.75) is 45.8 Å². The molecule has 0 saturated carbocycles. The first kappa shape index (κ1) is 28.6. The van der Waals surface area contributed by atoms with Gasteiger partial charge in [0.1, 0.15) is 17.9 Å². The molecule has 0 radical (unpaired) electrons. The van der Waals surface area contributed by atoms with Crippen LogP contribution in [0.5, 0.6) is 5.88 Å². The molecular formula is C21H35BrN4O7S. The number of carbonyl (C=O) groups is 1. The van der Waals surface area contributed by atoms with Crippen LogP contribution in [0.1, 0.15) is 34.1 Å². The van der Waals surface area contributed by atoms with Crippen molar-refractivity contribution >= 4 is 37.9 Å². The number of anilines is 1. The van der Waals surface area contributed by atoms with Crippen LogP contribution in [0.15, 0.2) is 16.7 Å². The summed E-state index contributed by atoms with van der Waals surface area (Å²) >= 11 is 3.31. The molecule has 1 atom stereocenters. The van der Waals surface area contributed by atoms with Crippen molar-refractivity contribution in [3.8, 4) is 5.88 Å². The third kappa shape index (κ3) is 9.17. The van der Waals surface area contributed by atoms with Gasteiger partial charge in [0.15, 0.2) is 0 Å². The van der Waals surface area contributed by atoms with Gasteiger partial charge in [0.05, 0.1) is 19.8 Å². The van der Waals surface area contributed by atoms with E-state index in [0.29, 0.717) is 30.7 Å². The average molecular weight is 568 g/mol. The first-order chi connectivity index (χ1) is 15.9. The summed E-state index contributed by atoms with van der Waals surface area (Å²) in [7, 11) is -2.21. The average Bonchev–Trinajstić information content (AvgIpc) is 2.75. The lowest BCUT2D eigenvalue weighted by molar-refractivity contribution is 0.0117. The number of carbonyl (C=O) groups excluding carboxylic acids is 1. The van der Waals surface area contributed by atoms with Crippen molar-refractivity contribution in [2.75, 3.05) is 57.9 Å². The third-order valence-corrected chi connectivity index (χ3v) is 6.79. The monoisotopic (exact) mass is 566 g/mol. The van der Waals surface area contributed by atoms with Crippen LogP contribution in [-0.2, 0) is 24.4 Å². The van der Waals surface area contributed by atoms with E-state index in [4.69, 9.17) is 18.9 Å². The summed E-state index contributed by atoms with van der Waals surface area (Å²) in [6.07, 6.45) is 1.67. The summed E-state index contributed by atoms with van der Waals surface area (Å²) in [5.41, 5.74) is -0.452. The molecule has 1 saturated heterocycles. The Labute approximate surface area is 210 Å². The molecule has 11 nitrogen and oxygen atoms in total. The predicted octanol–water partition coefficient (Wildman–Crippen LogP) is 2.87. The second-order valence-corrected chi connectivity index (χ2v) is 11.4. The van der Waals surface area contributed by atoms with Gasteiger partial charge in [0, 0.05) is 43.5 Å². The van der Waals surface area contributed by atoms with Gasteiger partial charge in [0.25, 0.3) is 0 Å². The number of amides is 1. The third-order valence-electron chi connectivity index (χ3n) is 4.84. The number of pyridine rings is 1. The second kappa shape index (κ2) is 12.9. The van der Waals surface area contributed by atoms with Crippen molar-refractivity contribution < 1.29 is 32.2 Å². The summed E-state index contributed by atoms with van der Waals surface area (Å²) in [5, 5.41) is 0. The number of ether oxygens (including phenoxy) is 4. The van der Waals surface area contributed by atoms with E-state index < -0.39 is 21.9 Å². The zero-order valence-electron chi connectivity index (χ0n) is 20.4. The molecule has 13 heteroatoms. The topological polar surface area (TPSA) is 120 Å². The van der Waals surface area contributed by atoms with E-state index in [-0.39, 0.29) is 43.9 Å². The van der Waals surface area contributed by atoms with E-state index >= 15 is 0 Å². The van der Waals surface area contributed by atoms with E-state index in [9.17, 15) is 13.2 Å². The number of nitrogens with one attached hydrogen (secondary N) is 1. The van der Waals surface area contributed by atoms with Gasteiger partial charge in [-0.1, -0.05) is 0 Å². The lowest BCUT2D eigenvalue weighted by atomic mass is 10.2. The number of halogens is 1. The van der Waals surface area contributed by atoms with Crippen LogP contribution in [0.2, 0.25) is 0 Å². The number of hydrogen-bond donors (Lipinski definition) is 1. The Hall–Kier alpha value is -1.67. The van der Waals surface area contributed by atoms with Crippen LogP contribution in [0.4, 0.5) is 10.5 Å². The molecule has 1 fully saturated rings. The van der Waals surface area contributed by atoms with Crippen molar-refractivity contribution in [3.05, 3.63) is 16.7 Å².